The van der Waals surface area contributed by atoms with Crippen LogP contribution < -0.4 is 0 Å². The minimum Gasteiger partial charge on any atom is -0.507 e. The van der Waals surface area contributed by atoms with Crippen molar-refractivity contribution in [2.75, 3.05) is 0 Å². The normalized spacial score (nSPS) is 11.3. The van der Waals surface area contributed by atoms with Crippen LogP contribution in [0.5, 0.6) is 17.2 Å². The van der Waals surface area contributed by atoms with Crippen LogP contribution in [-0.2, 0) is 0 Å². The molecule has 0 saturated carbocycles. The number of aryl methyl sites for hydroxylation is 6. The molecule has 0 bridgehead atoms. The molecule has 3 nitrogen and oxygen atoms in total. The van der Waals surface area contributed by atoms with Crippen LogP contribution in [0.4, 0.5) is 0 Å². The zero-order chi connectivity index (χ0) is 32.7. The summed E-state index contributed by atoms with van der Waals surface area (Å²) in [5.41, 5.74) is 15.7. The van der Waals surface area contributed by atoms with Crippen LogP contribution in [0.1, 0.15) is 56.0 Å². The van der Waals surface area contributed by atoms with Gasteiger partial charge in [-0.05, 0) is 127 Å². The fourth-order valence-electron chi connectivity index (χ4n) is 7.40. The molecule has 0 unspecified atom stereocenters. The Balaban J connectivity index is 1.58. The Morgan fingerprint density at radius 2 is 0.565 bits per heavy atom. The summed E-state index contributed by atoms with van der Waals surface area (Å²) in [6.45, 7) is 12.7. The Hall–Kier alpha value is -5.28. The van der Waals surface area contributed by atoms with Crippen molar-refractivity contribution in [3.63, 3.8) is 0 Å². The third-order valence-electron chi connectivity index (χ3n) is 9.19. The third kappa shape index (κ3) is 5.54. The molecule has 0 aliphatic rings. The van der Waals surface area contributed by atoms with Crippen molar-refractivity contribution in [2.24, 2.45) is 0 Å². The maximum absolute atomic E-state index is 10.7. The Labute approximate surface area is 272 Å². The highest BCUT2D eigenvalue weighted by atomic mass is 16.3. The molecule has 0 aliphatic heterocycles. The molecule has 0 aromatic heterocycles. The van der Waals surface area contributed by atoms with Crippen molar-refractivity contribution in [1.29, 1.82) is 0 Å². The smallest absolute Gasteiger partial charge is 0.123 e. The molecule has 0 radical (unpaired) electrons. The second-order valence-electron chi connectivity index (χ2n) is 12.6. The van der Waals surface area contributed by atoms with E-state index in [2.05, 4.69) is 77.9 Å². The van der Waals surface area contributed by atoms with Crippen LogP contribution in [0.25, 0.3) is 33.4 Å². The molecule has 3 N–H and O–H groups in total. The van der Waals surface area contributed by atoms with Gasteiger partial charge in [-0.2, -0.15) is 0 Å². The molecule has 6 rings (SSSR count). The van der Waals surface area contributed by atoms with Crippen LogP contribution >= 0.6 is 0 Å². The van der Waals surface area contributed by atoms with E-state index in [-0.39, 0.29) is 23.2 Å². The van der Waals surface area contributed by atoms with E-state index >= 15 is 0 Å². The third-order valence-corrected chi connectivity index (χ3v) is 9.19. The van der Waals surface area contributed by atoms with Gasteiger partial charge in [-0.15, -0.1) is 0 Å². The van der Waals surface area contributed by atoms with E-state index in [1.54, 1.807) is 18.2 Å². The Bertz CT molecular complexity index is 1790. The summed E-state index contributed by atoms with van der Waals surface area (Å²) in [5.74, 6) is 0.738. The Morgan fingerprint density at radius 3 is 0.783 bits per heavy atom. The van der Waals surface area contributed by atoms with Crippen molar-refractivity contribution in [1.82, 2.24) is 0 Å². The molecular weight excluding hydrogens is 564 g/mol. The van der Waals surface area contributed by atoms with Crippen LogP contribution in [-0.4, -0.2) is 15.3 Å². The van der Waals surface area contributed by atoms with Gasteiger partial charge in [0.15, 0.2) is 0 Å². The van der Waals surface area contributed by atoms with Gasteiger partial charge in [-0.25, -0.2) is 0 Å². The van der Waals surface area contributed by atoms with E-state index in [0.717, 1.165) is 83.5 Å². The van der Waals surface area contributed by atoms with Gasteiger partial charge < -0.3 is 15.3 Å². The lowest BCUT2D eigenvalue weighted by atomic mass is 9.78. The largest absolute Gasteiger partial charge is 0.507 e. The van der Waals surface area contributed by atoms with Crippen LogP contribution in [0, 0.1) is 41.5 Å². The van der Waals surface area contributed by atoms with Gasteiger partial charge in [0.05, 0.1) is 0 Å². The summed E-state index contributed by atoms with van der Waals surface area (Å²) < 4.78 is 0. The first-order valence-corrected chi connectivity index (χ1v) is 15.7. The number of aromatic hydroxyl groups is 3. The van der Waals surface area contributed by atoms with Gasteiger partial charge in [0.2, 0.25) is 0 Å². The lowest BCUT2D eigenvalue weighted by molar-refractivity contribution is 0.476. The average molecular weight is 605 g/mol. The van der Waals surface area contributed by atoms with E-state index < -0.39 is 0 Å². The minimum absolute atomic E-state index is 0.0811. The second kappa shape index (κ2) is 12.3. The molecule has 6 aromatic carbocycles. The molecule has 3 heteroatoms. The summed E-state index contributed by atoms with van der Waals surface area (Å²) in [4.78, 5) is 0. The zero-order valence-corrected chi connectivity index (χ0v) is 27.3. The predicted octanol–water partition coefficient (Wildman–Crippen LogP) is 10.8. The van der Waals surface area contributed by atoms with Crippen LogP contribution in [0.3, 0.4) is 0 Å². The van der Waals surface area contributed by atoms with Crippen molar-refractivity contribution in [3.8, 4) is 50.6 Å². The van der Waals surface area contributed by atoms with Crippen molar-refractivity contribution >= 4 is 0 Å². The summed E-state index contributed by atoms with van der Waals surface area (Å²) in [6, 6.07) is 36.1. The standard InChI is InChI=1S/C43H40O3/c1-25-19-31(20-26(2)40(25)34-13-7-10-16-37(34)44)43(32-21-27(3)41(28(4)22-32)35-14-8-11-17-38(35)45)33-23-29(5)42(30(6)24-33)36-15-9-12-18-39(36)46/h7-24,43-46H,1-6H3. The monoisotopic (exact) mass is 604 g/mol. The van der Waals surface area contributed by atoms with Gasteiger partial charge in [-0.3, -0.25) is 0 Å². The van der Waals surface area contributed by atoms with Crippen LogP contribution in [0.2, 0.25) is 0 Å². The van der Waals surface area contributed by atoms with E-state index in [1.807, 2.05) is 54.6 Å². The van der Waals surface area contributed by atoms with E-state index in [1.165, 1.54) is 0 Å². The summed E-state index contributed by atoms with van der Waals surface area (Å²) in [7, 11) is 0. The predicted molar refractivity (Wildman–Crippen MR) is 190 cm³/mol. The summed E-state index contributed by atoms with van der Waals surface area (Å²) in [5, 5.41) is 32.1. The van der Waals surface area contributed by atoms with E-state index in [9.17, 15) is 15.3 Å². The highest BCUT2D eigenvalue weighted by molar-refractivity contribution is 5.79. The van der Waals surface area contributed by atoms with Crippen LogP contribution in [0.15, 0.2) is 109 Å². The number of phenolic OH excluding ortho intramolecular Hbond substituents is 3. The Kier molecular flexibility index (Phi) is 8.19. The van der Waals surface area contributed by atoms with Crippen molar-refractivity contribution in [3.05, 3.63) is 159 Å². The summed E-state index contributed by atoms with van der Waals surface area (Å²) >= 11 is 0. The molecule has 0 fully saturated rings. The lowest BCUT2D eigenvalue weighted by Crippen LogP contribution is -2.08. The fraction of sp³-hybridized carbons (Fsp3) is 0.163. The topological polar surface area (TPSA) is 60.7 Å². The Morgan fingerprint density at radius 1 is 0.348 bits per heavy atom. The molecule has 0 heterocycles. The molecule has 0 saturated heterocycles. The minimum atomic E-state index is -0.0811. The quantitative estimate of drug-likeness (QED) is 0.166. The highest BCUT2D eigenvalue weighted by Gasteiger charge is 2.24. The van der Waals surface area contributed by atoms with Gasteiger partial charge in [-0.1, -0.05) is 91.0 Å². The van der Waals surface area contributed by atoms with Crippen molar-refractivity contribution in [2.45, 2.75) is 47.5 Å². The summed E-state index contributed by atoms with van der Waals surface area (Å²) in [6.07, 6.45) is 0. The van der Waals surface area contributed by atoms with E-state index in [0.29, 0.717) is 0 Å². The fourth-order valence-corrected chi connectivity index (χ4v) is 7.40. The number of hydrogen-bond acceptors (Lipinski definition) is 3. The van der Waals surface area contributed by atoms with Gasteiger partial charge >= 0.3 is 0 Å². The number of rotatable bonds is 6. The first-order chi connectivity index (χ1) is 22.0. The first-order valence-electron chi connectivity index (χ1n) is 15.7. The molecular formula is C43H40O3. The molecule has 6 aromatic rings. The molecule has 0 spiro atoms. The highest BCUT2D eigenvalue weighted by Crippen LogP contribution is 2.44. The van der Waals surface area contributed by atoms with E-state index in [4.69, 9.17) is 0 Å². The van der Waals surface area contributed by atoms with Gasteiger partial charge in [0, 0.05) is 22.6 Å². The number of benzene rings is 6. The van der Waals surface area contributed by atoms with Gasteiger partial charge in [0.25, 0.3) is 0 Å². The number of para-hydroxylation sites is 3. The lowest BCUT2D eigenvalue weighted by Gasteiger charge is -2.25. The maximum Gasteiger partial charge on any atom is 0.123 e. The zero-order valence-electron chi connectivity index (χ0n) is 27.3. The second-order valence-corrected chi connectivity index (χ2v) is 12.6. The maximum atomic E-state index is 10.7. The van der Waals surface area contributed by atoms with Gasteiger partial charge in [0.1, 0.15) is 17.2 Å². The van der Waals surface area contributed by atoms with Crippen molar-refractivity contribution < 1.29 is 15.3 Å². The number of phenols is 3. The first kappa shape index (κ1) is 30.7. The molecule has 0 aliphatic carbocycles. The average Bonchev–Trinajstić information content (AvgIpc) is 2.99. The molecule has 46 heavy (non-hydrogen) atoms. The molecule has 0 amide bonds. The number of hydrogen-bond donors (Lipinski definition) is 3. The SMILES string of the molecule is Cc1cc(C(c2cc(C)c(-c3ccccc3O)c(C)c2)c2cc(C)c(-c3ccccc3O)c(C)c2)cc(C)c1-c1ccccc1O. The molecule has 0 atom stereocenters. The molecule has 230 valence electrons.